The van der Waals surface area contributed by atoms with Crippen molar-refractivity contribution in [1.29, 1.82) is 0 Å². The zero-order valence-corrected chi connectivity index (χ0v) is 20.1. The summed E-state index contributed by atoms with van der Waals surface area (Å²) in [5.74, 6) is -0.222. The number of aliphatic hydroxyl groups excluding tert-OH is 1. The highest BCUT2D eigenvalue weighted by atomic mass is 35.5. The zero-order valence-electron chi connectivity index (χ0n) is 19.4. The lowest BCUT2D eigenvalue weighted by Gasteiger charge is -2.33. The van der Waals surface area contributed by atoms with Crippen molar-refractivity contribution in [2.24, 2.45) is 0 Å². The van der Waals surface area contributed by atoms with Gasteiger partial charge in [0.25, 0.3) is 0 Å². The van der Waals surface area contributed by atoms with E-state index >= 15 is 0 Å². The number of esters is 1. The maximum absolute atomic E-state index is 13.2. The van der Waals surface area contributed by atoms with Crippen molar-refractivity contribution in [1.82, 2.24) is 4.90 Å². The van der Waals surface area contributed by atoms with E-state index in [1.807, 2.05) is 30.3 Å². The molecule has 1 atom stereocenters. The third-order valence-corrected chi connectivity index (χ3v) is 7.15. The Morgan fingerprint density at radius 1 is 1.17 bits per heavy atom. The molecule has 2 fully saturated rings. The van der Waals surface area contributed by atoms with Gasteiger partial charge in [0, 0.05) is 18.5 Å². The van der Waals surface area contributed by atoms with Crippen LogP contribution in [0.5, 0.6) is 0 Å². The summed E-state index contributed by atoms with van der Waals surface area (Å²) in [7, 11) is 0. The van der Waals surface area contributed by atoms with E-state index in [9.17, 15) is 23.1 Å². The van der Waals surface area contributed by atoms with Crippen LogP contribution in [-0.2, 0) is 22.1 Å². The number of hydrogen-bond acceptors (Lipinski definition) is 4. The van der Waals surface area contributed by atoms with Crippen molar-refractivity contribution in [2.45, 2.75) is 50.3 Å². The van der Waals surface area contributed by atoms with Crippen LogP contribution in [0.15, 0.2) is 48.0 Å². The second kappa shape index (κ2) is 11.1. The van der Waals surface area contributed by atoms with Crippen LogP contribution in [0, 0.1) is 0 Å². The standard InChI is InChI=1S/C27H29ClF3NO3/c28-25-8-6-21(16-24(25)27(29,30)31)19-9-12-32(13-10-19)17-23(33)7-5-18-3-1-2-4-20(18)15-22-11-14-35-26(22)34/h1-4,6,8,15-16,19,23,33H,5,7,9-14,17H2. The molecule has 1 N–H and O–H groups in total. The fourth-order valence-electron chi connectivity index (χ4n) is 4.84. The van der Waals surface area contributed by atoms with Crippen LogP contribution in [0.1, 0.15) is 53.9 Å². The van der Waals surface area contributed by atoms with Crippen molar-refractivity contribution in [3.05, 3.63) is 75.3 Å². The largest absolute Gasteiger partial charge is 0.462 e. The number of aryl methyl sites for hydroxylation is 1. The molecule has 4 nitrogen and oxygen atoms in total. The van der Waals surface area contributed by atoms with Gasteiger partial charge >= 0.3 is 12.1 Å². The molecule has 2 aromatic rings. The smallest absolute Gasteiger partial charge is 0.417 e. The Hall–Kier alpha value is -2.35. The first-order valence-electron chi connectivity index (χ1n) is 11.9. The molecule has 2 aliphatic rings. The van der Waals surface area contributed by atoms with Gasteiger partial charge in [-0.1, -0.05) is 41.9 Å². The summed E-state index contributed by atoms with van der Waals surface area (Å²) in [5, 5.41) is 10.4. The number of alkyl halides is 3. The van der Waals surface area contributed by atoms with Crippen molar-refractivity contribution in [3.63, 3.8) is 0 Å². The number of aliphatic hydroxyl groups is 1. The number of halogens is 4. The van der Waals surface area contributed by atoms with E-state index < -0.39 is 17.8 Å². The van der Waals surface area contributed by atoms with Gasteiger partial charge in [0.05, 0.1) is 23.3 Å². The predicted octanol–water partition coefficient (Wildman–Crippen LogP) is 5.86. The van der Waals surface area contributed by atoms with Crippen LogP contribution in [-0.4, -0.2) is 48.3 Å². The van der Waals surface area contributed by atoms with E-state index in [2.05, 4.69) is 4.90 Å². The van der Waals surface area contributed by atoms with Gasteiger partial charge in [-0.15, -0.1) is 0 Å². The Kier molecular flexibility index (Phi) is 8.19. The lowest BCUT2D eigenvalue weighted by atomic mass is 9.88. The molecule has 2 aromatic carbocycles. The minimum Gasteiger partial charge on any atom is -0.462 e. The molecule has 4 rings (SSSR count). The van der Waals surface area contributed by atoms with Crippen LogP contribution >= 0.6 is 11.6 Å². The molecule has 0 aromatic heterocycles. The lowest BCUT2D eigenvalue weighted by molar-refractivity contribution is -0.137. The number of nitrogens with zero attached hydrogens (tertiary/aromatic N) is 1. The molecule has 35 heavy (non-hydrogen) atoms. The molecule has 0 saturated carbocycles. The van der Waals surface area contributed by atoms with Gasteiger partial charge in [0.2, 0.25) is 0 Å². The first kappa shape index (κ1) is 25.7. The summed E-state index contributed by atoms with van der Waals surface area (Å²) >= 11 is 5.75. The number of β-amino-alcohol motifs (C(OH)–C–C–N with tert-alkyl or cyclic N) is 1. The molecule has 0 aliphatic carbocycles. The van der Waals surface area contributed by atoms with Crippen LogP contribution in [0.2, 0.25) is 5.02 Å². The summed E-state index contributed by atoms with van der Waals surface area (Å²) in [5.41, 5.74) is 2.59. The summed E-state index contributed by atoms with van der Waals surface area (Å²) in [6.45, 7) is 2.38. The second-order valence-electron chi connectivity index (χ2n) is 9.26. The van der Waals surface area contributed by atoms with E-state index in [1.165, 1.54) is 12.1 Å². The first-order valence-corrected chi connectivity index (χ1v) is 12.3. The number of likely N-dealkylation sites (tertiary alicyclic amines) is 1. The van der Waals surface area contributed by atoms with Gasteiger partial charge in [-0.05, 0) is 79.6 Å². The van der Waals surface area contributed by atoms with Crippen LogP contribution in [0.3, 0.4) is 0 Å². The van der Waals surface area contributed by atoms with E-state index in [0.717, 1.165) is 37.1 Å². The fraction of sp³-hybridized carbons (Fsp3) is 0.444. The molecule has 2 saturated heterocycles. The Labute approximate surface area is 208 Å². The SMILES string of the molecule is O=C1OCCC1=Cc1ccccc1CCC(O)CN1CCC(c2ccc(Cl)c(C(F)(F)F)c2)CC1. The van der Waals surface area contributed by atoms with Gasteiger partial charge in [-0.3, -0.25) is 0 Å². The Balaban J connectivity index is 1.28. The zero-order chi connectivity index (χ0) is 25.0. The topological polar surface area (TPSA) is 49.8 Å². The monoisotopic (exact) mass is 507 g/mol. The van der Waals surface area contributed by atoms with Crippen molar-refractivity contribution < 1.29 is 27.8 Å². The third kappa shape index (κ3) is 6.66. The average Bonchev–Trinajstić information content (AvgIpc) is 3.23. The van der Waals surface area contributed by atoms with Gasteiger partial charge in [-0.2, -0.15) is 13.2 Å². The molecule has 2 aliphatic heterocycles. The Bertz CT molecular complexity index is 1080. The fourth-order valence-corrected chi connectivity index (χ4v) is 5.07. The summed E-state index contributed by atoms with van der Waals surface area (Å²) < 4.78 is 44.6. The number of piperidine rings is 1. The predicted molar refractivity (Wildman–Crippen MR) is 129 cm³/mol. The normalized spacial score (nSPS) is 19.8. The maximum Gasteiger partial charge on any atom is 0.417 e. The Morgan fingerprint density at radius 3 is 2.60 bits per heavy atom. The first-order chi connectivity index (χ1) is 16.7. The molecule has 188 valence electrons. The van der Waals surface area contributed by atoms with E-state index in [-0.39, 0.29) is 16.9 Å². The third-order valence-electron chi connectivity index (χ3n) is 6.82. The number of hydrogen-bond donors (Lipinski definition) is 1. The molecule has 1 unspecified atom stereocenters. The van der Waals surface area contributed by atoms with E-state index in [4.69, 9.17) is 16.3 Å². The molecule has 0 amide bonds. The quantitative estimate of drug-likeness (QED) is 0.376. The molecule has 0 radical (unpaired) electrons. The number of carbonyl (C=O) groups is 1. The second-order valence-corrected chi connectivity index (χ2v) is 9.67. The molecule has 0 spiro atoms. The molecule has 8 heteroatoms. The van der Waals surface area contributed by atoms with E-state index in [0.29, 0.717) is 43.6 Å². The van der Waals surface area contributed by atoms with Crippen LogP contribution in [0.25, 0.3) is 6.08 Å². The minimum absolute atomic E-state index is 0.0453. The highest BCUT2D eigenvalue weighted by Crippen LogP contribution is 2.38. The number of benzene rings is 2. The van der Waals surface area contributed by atoms with Crippen molar-refractivity contribution in [3.8, 4) is 0 Å². The van der Waals surface area contributed by atoms with Crippen LogP contribution < -0.4 is 0 Å². The summed E-state index contributed by atoms with van der Waals surface area (Å²) in [6.07, 6.45) is 0.233. The molecule has 0 bridgehead atoms. The van der Waals surface area contributed by atoms with Crippen molar-refractivity contribution in [2.75, 3.05) is 26.2 Å². The van der Waals surface area contributed by atoms with Gasteiger partial charge in [-0.25, -0.2) is 4.79 Å². The maximum atomic E-state index is 13.2. The summed E-state index contributed by atoms with van der Waals surface area (Å²) in [6, 6.07) is 12.0. The highest BCUT2D eigenvalue weighted by molar-refractivity contribution is 6.31. The molecular weight excluding hydrogens is 479 g/mol. The number of ether oxygens (including phenoxy) is 1. The molecular formula is C27H29ClF3NO3. The van der Waals surface area contributed by atoms with Crippen LogP contribution in [0.4, 0.5) is 13.2 Å². The van der Waals surface area contributed by atoms with E-state index in [1.54, 1.807) is 6.07 Å². The lowest BCUT2D eigenvalue weighted by Crippen LogP contribution is -2.38. The highest BCUT2D eigenvalue weighted by Gasteiger charge is 2.34. The van der Waals surface area contributed by atoms with Gasteiger partial charge in [0.15, 0.2) is 0 Å². The van der Waals surface area contributed by atoms with Crippen molar-refractivity contribution >= 4 is 23.6 Å². The number of carbonyl (C=O) groups excluding carboxylic acids is 1. The van der Waals surface area contributed by atoms with Gasteiger partial charge < -0.3 is 14.7 Å². The van der Waals surface area contributed by atoms with Gasteiger partial charge in [0.1, 0.15) is 0 Å². The minimum atomic E-state index is -4.46. The average molecular weight is 508 g/mol. The number of cyclic esters (lactones) is 1. The Morgan fingerprint density at radius 2 is 1.91 bits per heavy atom. The number of rotatable bonds is 7. The molecule has 2 heterocycles. The summed E-state index contributed by atoms with van der Waals surface area (Å²) in [4.78, 5) is 13.9.